The molecule has 0 spiro atoms. The molecule has 1 amide bonds. The fourth-order valence-corrected chi connectivity index (χ4v) is 1.46. The molecular weight excluding hydrogens is 197 g/mol. The van der Waals surface area contributed by atoms with Gasteiger partial charge in [0, 0.05) is 19.2 Å². The molecule has 0 saturated heterocycles. The van der Waals surface area contributed by atoms with Crippen LogP contribution in [-0.4, -0.2) is 25.7 Å². The molecule has 2 nitrogen and oxygen atoms in total. The van der Waals surface area contributed by atoms with Gasteiger partial charge in [0.05, 0.1) is 0 Å². The van der Waals surface area contributed by atoms with E-state index in [2.05, 4.69) is 13.8 Å². The molecule has 1 aromatic rings. The van der Waals surface area contributed by atoms with E-state index in [1.54, 1.807) is 18.0 Å². The second kappa shape index (κ2) is 5.73. The maximum atomic E-state index is 11.4. The summed E-state index contributed by atoms with van der Waals surface area (Å²) in [6, 6.07) is 5.47. The number of carbonyl (C=O) groups excluding carboxylic acids is 1. The summed E-state index contributed by atoms with van der Waals surface area (Å²) in [6.07, 6.45) is 2.64. The Bertz CT molecular complexity index is 374. The Balaban J connectivity index is 0.000000280. The van der Waals surface area contributed by atoms with Crippen LogP contribution >= 0.6 is 0 Å². The minimum atomic E-state index is 0.0669. The zero-order chi connectivity index (χ0) is 12.1. The van der Waals surface area contributed by atoms with Gasteiger partial charge in [-0.3, -0.25) is 4.79 Å². The van der Waals surface area contributed by atoms with E-state index < -0.39 is 0 Å². The van der Waals surface area contributed by atoms with Crippen molar-refractivity contribution in [1.29, 1.82) is 0 Å². The first-order valence-corrected chi connectivity index (χ1v) is 5.74. The quantitative estimate of drug-likeness (QED) is 0.655. The lowest BCUT2D eigenvalue weighted by atomic mass is 9.93. The Morgan fingerprint density at radius 3 is 2.50 bits per heavy atom. The molecule has 16 heavy (non-hydrogen) atoms. The first kappa shape index (κ1) is 12.8. The average Bonchev–Trinajstić information content (AvgIpc) is 2.56. The van der Waals surface area contributed by atoms with Gasteiger partial charge in [0.15, 0.2) is 0 Å². The number of nitrogens with zero attached hydrogens (tertiary/aromatic N) is 1. The molecule has 0 saturated carbocycles. The van der Waals surface area contributed by atoms with E-state index in [-0.39, 0.29) is 5.91 Å². The van der Waals surface area contributed by atoms with Gasteiger partial charge in [0.1, 0.15) is 7.85 Å². The van der Waals surface area contributed by atoms with Gasteiger partial charge in [-0.15, -0.1) is 0 Å². The predicted octanol–water partition coefficient (Wildman–Crippen LogP) is 1.87. The SMILES string of the molecule is CCCC.[B]c1ccc2c(c1)C(=O)N(C)C2. The normalized spacial score (nSPS) is 13.2. The molecule has 0 aliphatic carbocycles. The first-order chi connectivity index (χ1) is 7.60. The predicted molar refractivity (Wildman–Crippen MR) is 68.2 cm³/mol. The van der Waals surface area contributed by atoms with Crippen molar-refractivity contribution < 1.29 is 4.79 Å². The van der Waals surface area contributed by atoms with Crippen molar-refractivity contribution in [2.75, 3.05) is 7.05 Å². The molecule has 1 aromatic carbocycles. The highest BCUT2D eigenvalue weighted by molar-refractivity contribution is 6.32. The monoisotopic (exact) mass is 215 g/mol. The van der Waals surface area contributed by atoms with E-state index in [0.717, 1.165) is 11.1 Å². The lowest BCUT2D eigenvalue weighted by molar-refractivity contribution is 0.0816. The number of rotatable bonds is 1. The van der Waals surface area contributed by atoms with E-state index in [9.17, 15) is 4.79 Å². The zero-order valence-electron chi connectivity index (χ0n) is 10.3. The van der Waals surface area contributed by atoms with Gasteiger partial charge in [-0.25, -0.2) is 0 Å². The number of amides is 1. The van der Waals surface area contributed by atoms with Crippen molar-refractivity contribution in [3.05, 3.63) is 29.3 Å². The molecule has 0 fully saturated rings. The Morgan fingerprint density at radius 1 is 1.31 bits per heavy atom. The van der Waals surface area contributed by atoms with Crippen molar-refractivity contribution in [2.45, 2.75) is 33.2 Å². The van der Waals surface area contributed by atoms with Crippen LogP contribution < -0.4 is 5.46 Å². The summed E-state index contributed by atoms with van der Waals surface area (Å²) >= 11 is 0. The Hall–Kier alpha value is -1.25. The average molecular weight is 215 g/mol. The number of hydrogen-bond acceptors (Lipinski definition) is 1. The van der Waals surface area contributed by atoms with Gasteiger partial charge in [-0.1, -0.05) is 50.4 Å². The lowest BCUT2D eigenvalue weighted by Gasteiger charge is -2.04. The van der Waals surface area contributed by atoms with Crippen LogP contribution in [0.1, 0.15) is 42.6 Å². The second-order valence-corrected chi connectivity index (χ2v) is 4.08. The smallest absolute Gasteiger partial charge is 0.254 e. The maximum absolute atomic E-state index is 11.4. The summed E-state index contributed by atoms with van der Waals surface area (Å²) in [5.41, 5.74) is 2.46. The summed E-state index contributed by atoms with van der Waals surface area (Å²) in [5, 5.41) is 0. The van der Waals surface area contributed by atoms with Gasteiger partial charge < -0.3 is 4.90 Å². The van der Waals surface area contributed by atoms with Crippen LogP contribution in [0.25, 0.3) is 0 Å². The third-order valence-electron chi connectivity index (χ3n) is 2.62. The topological polar surface area (TPSA) is 20.3 Å². The van der Waals surface area contributed by atoms with Crippen molar-refractivity contribution >= 4 is 19.2 Å². The largest absolute Gasteiger partial charge is 0.337 e. The Morgan fingerprint density at radius 2 is 1.94 bits per heavy atom. The maximum Gasteiger partial charge on any atom is 0.254 e. The third-order valence-corrected chi connectivity index (χ3v) is 2.62. The molecule has 1 aliphatic heterocycles. The highest BCUT2D eigenvalue weighted by Crippen LogP contribution is 2.19. The van der Waals surface area contributed by atoms with Gasteiger partial charge in [0.2, 0.25) is 0 Å². The highest BCUT2D eigenvalue weighted by atomic mass is 16.2. The first-order valence-electron chi connectivity index (χ1n) is 5.74. The number of fused-ring (bicyclic) bond motifs is 1. The summed E-state index contributed by atoms with van der Waals surface area (Å²) in [5.74, 6) is 0.0669. The van der Waals surface area contributed by atoms with E-state index in [0.29, 0.717) is 12.0 Å². The van der Waals surface area contributed by atoms with Gasteiger partial charge in [-0.05, 0) is 5.56 Å². The summed E-state index contributed by atoms with van der Waals surface area (Å²) in [7, 11) is 7.36. The number of carbonyl (C=O) groups is 1. The molecule has 84 valence electrons. The summed E-state index contributed by atoms with van der Waals surface area (Å²) in [6.45, 7) is 5.06. The summed E-state index contributed by atoms with van der Waals surface area (Å²) in [4.78, 5) is 13.1. The van der Waals surface area contributed by atoms with E-state index in [4.69, 9.17) is 7.85 Å². The van der Waals surface area contributed by atoms with Gasteiger partial charge >= 0.3 is 0 Å². The van der Waals surface area contributed by atoms with Gasteiger partial charge in [0.25, 0.3) is 5.91 Å². The fourth-order valence-electron chi connectivity index (χ4n) is 1.46. The minimum absolute atomic E-state index is 0.0669. The molecule has 1 heterocycles. The molecule has 0 N–H and O–H groups in total. The molecule has 2 radical (unpaired) electrons. The Kier molecular flexibility index (Phi) is 4.60. The highest BCUT2D eigenvalue weighted by Gasteiger charge is 2.23. The molecule has 1 aliphatic rings. The van der Waals surface area contributed by atoms with Crippen LogP contribution in [0, 0.1) is 0 Å². The third kappa shape index (κ3) is 2.88. The summed E-state index contributed by atoms with van der Waals surface area (Å²) < 4.78 is 0. The molecule has 0 bridgehead atoms. The van der Waals surface area contributed by atoms with Crippen molar-refractivity contribution in [2.24, 2.45) is 0 Å². The van der Waals surface area contributed by atoms with Gasteiger partial charge in [-0.2, -0.15) is 0 Å². The molecule has 3 heteroatoms. The molecular formula is C13H18BNO. The van der Waals surface area contributed by atoms with Crippen LogP contribution in [0.15, 0.2) is 18.2 Å². The van der Waals surface area contributed by atoms with Crippen LogP contribution in [0.3, 0.4) is 0 Å². The van der Waals surface area contributed by atoms with Crippen LogP contribution in [0.2, 0.25) is 0 Å². The number of benzene rings is 1. The van der Waals surface area contributed by atoms with E-state index >= 15 is 0 Å². The van der Waals surface area contributed by atoms with Crippen LogP contribution in [0.5, 0.6) is 0 Å². The molecule has 2 rings (SSSR count). The minimum Gasteiger partial charge on any atom is -0.337 e. The van der Waals surface area contributed by atoms with Crippen molar-refractivity contribution in [3.8, 4) is 0 Å². The molecule has 0 unspecified atom stereocenters. The number of hydrogen-bond donors (Lipinski definition) is 0. The molecule has 0 aromatic heterocycles. The Labute approximate surface area is 99.1 Å². The van der Waals surface area contributed by atoms with Crippen LogP contribution in [-0.2, 0) is 6.54 Å². The standard InChI is InChI=1S/C9H8BNO.C4H10/c1-11-5-6-2-3-7(10)4-8(6)9(11)12;1-3-4-2/h2-4H,5H2,1H3;3-4H2,1-2H3. The number of unbranched alkanes of at least 4 members (excludes halogenated alkanes) is 1. The van der Waals surface area contributed by atoms with E-state index in [1.807, 2.05) is 12.1 Å². The molecule has 0 atom stereocenters. The van der Waals surface area contributed by atoms with E-state index in [1.165, 1.54) is 12.8 Å². The van der Waals surface area contributed by atoms with Crippen LogP contribution in [0.4, 0.5) is 0 Å². The van der Waals surface area contributed by atoms with Crippen molar-refractivity contribution in [3.63, 3.8) is 0 Å². The lowest BCUT2D eigenvalue weighted by Crippen LogP contribution is -2.18. The van der Waals surface area contributed by atoms with Crippen molar-refractivity contribution in [1.82, 2.24) is 4.90 Å². The second-order valence-electron chi connectivity index (χ2n) is 4.08. The zero-order valence-corrected chi connectivity index (χ0v) is 10.3. The fraction of sp³-hybridized carbons (Fsp3) is 0.462.